The number of anilines is 3. The lowest BCUT2D eigenvalue weighted by Crippen LogP contribution is -2.67. The largest absolute Gasteiger partial charge is 0.497 e. The molecule has 0 unspecified atom stereocenters. The van der Waals surface area contributed by atoms with Gasteiger partial charge in [-0.05, 0) is 80.4 Å². The summed E-state index contributed by atoms with van der Waals surface area (Å²) >= 11 is 0. The second kappa shape index (κ2) is 9.03. The minimum atomic E-state index is -4.47. The minimum Gasteiger partial charge on any atom is -0.497 e. The summed E-state index contributed by atoms with van der Waals surface area (Å²) in [6.07, 6.45) is -4.32. The van der Waals surface area contributed by atoms with E-state index in [2.05, 4.69) is 9.80 Å². The molecule has 0 aromatic heterocycles. The fraction of sp³-hybridized carbons (Fsp3) is 0.333. The lowest BCUT2D eigenvalue weighted by Gasteiger charge is -2.53. The Kier molecular flexibility index (Phi) is 5.86. The molecule has 3 aromatic rings. The monoisotopic (exact) mass is 534 g/mol. The van der Waals surface area contributed by atoms with Crippen molar-refractivity contribution in [1.29, 1.82) is 0 Å². The third-order valence-electron chi connectivity index (χ3n) is 8.32. The number of fused-ring (bicyclic) bond motifs is 4. The van der Waals surface area contributed by atoms with Gasteiger partial charge in [-0.25, -0.2) is 0 Å². The number of alkyl halides is 3. The Balaban J connectivity index is 1.45. The van der Waals surface area contributed by atoms with Crippen LogP contribution < -0.4 is 19.5 Å². The van der Waals surface area contributed by atoms with E-state index in [1.54, 1.807) is 13.2 Å². The van der Waals surface area contributed by atoms with Gasteiger partial charge < -0.3 is 14.5 Å². The fourth-order valence-electron chi connectivity index (χ4n) is 6.20. The van der Waals surface area contributed by atoms with E-state index in [1.807, 2.05) is 62.4 Å². The molecule has 3 aliphatic heterocycles. The van der Waals surface area contributed by atoms with Crippen LogP contribution in [0.4, 0.5) is 30.2 Å². The zero-order valence-electron chi connectivity index (χ0n) is 22.0. The van der Waals surface area contributed by atoms with E-state index in [-0.39, 0.29) is 18.4 Å². The number of benzene rings is 3. The van der Waals surface area contributed by atoms with Crippen LogP contribution in [0.15, 0.2) is 71.8 Å². The van der Waals surface area contributed by atoms with Gasteiger partial charge in [0.15, 0.2) is 0 Å². The van der Waals surface area contributed by atoms with Gasteiger partial charge in [0.05, 0.1) is 30.1 Å². The van der Waals surface area contributed by atoms with Crippen molar-refractivity contribution >= 4 is 28.7 Å². The summed E-state index contributed by atoms with van der Waals surface area (Å²) in [5.74, 6) is 0.544. The highest BCUT2D eigenvalue weighted by Gasteiger charge is 2.60. The summed E-state index contributed by atoms with van der Waals surface area (Å²) in [5.41, 5.74) is 2.78. The summed E-state index contributed by atoms with van der Waals surface area (Å²) in [6.45, 7) is 5.53. The quantitative estimate of drug-likeness (QED) is 0.434. The Labute approximate surface area is 225 Å². The van der Waals surface area contributed by atoms with Crippen LogP contribution >= 0.6 is 0 Å². The molecule has 3 aromatic carbocycles. The first-order chi connectivity index (χ1) is 18.6. The Morgan fingerprint density at radius 3 is 2.31 bits per heavy atom. The Bertz CT molecular complexity index is 1450. The van der Waals surface area contributed by atoms with Crippen LogP contribution in [0.5, 0.6) is 5.75 Å². The van der Waals surface area contributed by atoms with E-state index >= 15 is 0 Å². The number of aryl methyl sites for hydroxylation is 1. The molecule has 202 valence electrons. The highest BCUT2D eigenvalue weighted by Crippen LogP contribution is 2.49. The van der Waals surface area contributed by atoms with Crippen molar-refractivity contribution < 1.29 is 22.7 Å². The summed E-state index contributed by atoms with van der Waals surface area (Å²) in [6, 6.07) is 18.9. The van der Waals surface area contributed by atoms with Gasteiger partial charge in [0.2, 0.25) is 0 Å². The molecular weight excluding hydrogens is 505 g/mol. The smallest absolute Gasteiger partial charge is 0.416 e. The number of hydrogen-bond donors (Lipinski definition) is 0. The van der Waals surface area contributed by atoms with Crippen LogP contribution in [0.25, 0.3) is 0 Å². The Hall–Kier alpha value is -4.01. The molecule has 3 heterocycles. The molecule has 9 heteroatoms. The second-order valence-electron chi connectivity index (χ2n) is 10.5. The number of piperazine rings is 1. The normalized spacial score (nSPS) is 22.6. The van der Waals surface area contributed by atoms with Crippen molar-refractivity contribution in [3.05, 3.63) is 83.4 Å². The van der Waals surface area contributed by atoms with Crippen molar-refractivity contribution in [2.45, 2.75) is 32.5 Å². The summed E-state index contributed by atoms with van der Waals surface area (Å²) in [7, 11) is 1.62. The first kappa shape index (κ1) is 25.3. The maximum absolute atomic E-state index is 14.4. The van der Waals surface area contributed by atoms with Gasteiger partial charge in [-0.3, -0.25) is 4.79 Å². The molecule has 6 rings (SSSR count). The number of carbonyl (C=O) groups is 1. The van der Waals surface area contributed by atoms with Crippen LogP contribution in [0.2, 0.25) is 0 Å². The van der Waals surface area contributed by atoms with E-state index in [0.29, 0.717) is 36.6 Å². The van der Waals surface area contributed by atoms with Crippen molar-refractivity contribution in [2.24, 2.45) is 10.5 Å². The molecular formula is C30H29F3N4O2. The van der Waals surface area contributed by atoms with Gasteiger partial charge in [-0.1, -0.05) is 17.7 Å². The number of ether oxygens (including phenoxy) is 1. The molecule has 39 heavy (non-hydrogen) atoms. The molecule has 6 nitrogen and oxygen atoms in total. The molecule has 0 saturated carbocycles. The SMILES string of the molecule is COc1ccc(N2CCN3c4ccc(C(F)(F)F)cc4C[C@@]4(C(=O)N(c5ccc(C)cc5)N=C4C)[C@@H]3C2)cc1. The predicted octanol–water partition coefficient (Wildman–Crippen LogP) is 5.68. The van der Waals surface area contributed by atoms with E-state index in [0.717, 1.165) is 28.8 Å². The van der Waals surface area contributed by atoms with E-state index in [9.17, 15) is 18.0 Å². The van der Waals surface area contributed by atoms with Crippen molar-refractivity contribution in [3.8, 4) is 5.75 Å². The van der Waals surface area contributed by atoms with Gasteiger partial charge in [0, 0.05) is 31.0 Å². The molecule has 1 fully saturated rings. The molecule has 0 radical (unpaired) electrons. The van der Waals surface area contributed by atoms with Crippen molar-refractivity contribution in [3.63, 3.8) is 0 Å². The van der Waals surface area contributed by atoms with Crippen LogP contribution in [0.3, 0.4) is 0 Å². The summed E-state index contributed by atoms with van der Waals surface area (Å²) in [4.78, 5) is 18.7. The van der Waals surface area contributed by atoms with E-state index in [1.165, 1.54) is 11.1 Å². The molecule has 3 aliphatic rings. The predicted molar refractivity (Wildman–Crippen MR) is 146 cm³/mol. The van der Waals surface area contributed by atoms with Gasteiger partial charge in [0.25, 0.3) is 5.91 Å². The maximum Gasteiger partial charge on any atom is 0.416 e. The molecule has 1 saturated heterocycles. The number of carbonyl (C=O) groups excluding carboxylic acids is 1. The lowest BCUT2D eigenvalue weighted by atomic mass is 9.67. The lowest BCUT2D eigenvalue weighted by molar-refractivity contribution is -0.137. The summed E-state index contributed by atoms with van der Waals surface area (Å²) < 4.78 is 46.4. The zero-order valence-corrected chi connectivity index (χ0v) is 22.0. The molecule has 1 amide bonds. The first-order valence-electron chi connectivity index (χ1n) is 12.9. The maximum atomic E-state index is 14.4. The number of hydrazone groups is 1. The number of amides is 1. The average Bonchev–Trinajstić information content (AvgIpc) is 3.18. The third kappa shape index (κ3) is 4.02. The molecule has 0 N–H and O–H groups in total. The zero-order chi connectivity index (χ0) is 27.5. The highest BCUT2D eigenvalue weighted by molar-refractivity contribution is 6.20. The topological polar surface area (TPSA) is 48.4 Å². The number of methoxy groups -OCH3 is 1. The highest BCUT2D eigenvalue weighted by atomic mass is 19.4. The third-order valence-corrected chi connectivity index (χ3v) is 8.32. The van der Waals surface area contributed by atoms with Crippen LogP contribution in [-0.4, -0.2) is 44.4 Å². The van der Waals surface area contributed by atoms with Gasteiger partial charge in [-0.2, -0.15) is 23.3 Å². The number of nitrogens with zero attached hydrogens (tertiary/aromatic N) is 4. The molecule has 0 aliphatic carbocycles. The van der Waals surface area contributed by atoms with Crippen LogP contribution in [0, 0.1) is 12.3 Å². The number of hydrogen-bond acceptors (Lipinski definition) is 5. The van der Waals surface area contributed by atoms with E-state index in [4.69, 9.17) is 9.84 Å². The molecule has 2 atom stereocenters. The van der Waals surface area contributed by atoms with Crippen molar-refractivity contribution in [1.82, 2.24) is 0 Å². The van der Waals surface area contributed by atoms with Gasteiger partial charge in [-0.15, -0.1) is 0 Å². The standard InChI is InChI=1S/C30H29F3N4O2/c1-19-4-7-24(8-5-19)37-28(38)29(20(2)34-37)17-21-16-22(30(31,32)33)6-13-26(21)36-15-14-35(18-27(29)36)23-9-11-25(39-3)12-10-23/h4-13,16,27H,14-15,17-18H2,1-3H3/t27-,29-/m0/s1. The second-order valence-corrected chi connectivity index (χ2v) is 10.5. The number of rotatable bonds is 3. The number of halogens is 3. The van der Waals surface area contributed by atoms with Gasteiger partial charge >= 0.3 is 6.18 Å². The molecule has 1 spiro atoms. The van der Waals surface area contributed by atoms with Crippen LogP contribution in [0.1, 0.15) is 23.6 Å². The average molecular weight is 535 g/mol. The molecule has 0 bridgehead atoms. The van der Waals surface area contributed by atoms with Crippen LogP contribution in [-0.2, 0) is 17.4 Å². The van der Waals surface area contributed by atoms with Crippen molar-refractivity contribution in [2.75, 3.05) is 41.6 Å². The van der Waals surface area contributed by atoms with E-state index < -0.39 is 17.2 Å². The minimum absolute atomic E-state index is 0.153. The summed E-state index contributed by atoms with van der Waals surface area (Å²) in [5, 5.41) is 6.15. The van der Waals surface area contributed by atoms with Gasteiger partial charge in [0.1, 0.15) is 11.2 Å². The first-order valence-corrected chi connectivity index (χ1v) is 12.9. The Morgan fingerprint density at radius 1 is 0.949 bits per heavy atom. The fourth-order valence-corrected chi connectivity index (χ4v) is 6.20. The Morgan fingerprint density at radius 2 is 1.64 bits per heavy atom.